The standard InChI is InChI=1S/C65H108O5/c1-3-5-7-9-11-13-15-17-19-21-23-25-26-27-28-29-30-31-32-33-34-35-36-37-38-40-41-43-45-47-49-51-53-55-57-59-64(67)69-62-63(61-66)70-65(68)60-58-56-54-52-50-48-46-44-42-39-24-22-20-18-16-14-12-10-8-6-4-2/h5-8,11-14,17-20,23-25,39,44,46,50,52,63,66H,3-4,9-10,15-16,21-22,26-38,40-43,45,47-49,51,53-62H2,1-2H3/b7-5-,8-6-,13-11-,14-12-,19-17-,20-18-,25-23-,39-24-,46-44-,52-50-. The van der Waals surface area contributed by atoms with Gasteiger partial charge in [0.2, 0.25) is 0 Å². The lowest BCUT2D eigenvalue weighted by molar-refractivity contribution is -0.161. The fourth-order valence-corrected chi connectivity index (χ4v) is 7.96. The summed E-state index contributed by atoms with van der Waals surface area (Å²) < 4.78 is 10.7. The average molecular weight is 970 g/mol. The van der Waals surface area contributed by atoms with Crippen molar-refractivity contribution < 1.29 is 24.2 Å². The number of carbonyl (C=O) groups excluding carboxylic acids is 2. The van der Waals surface area contributed by atoms with Gasteiger partial charge in [-0.05, 0) is 103 Å². The van der Waals surface area contributed by atoms with Crippen molar-refractivity contribution in [1.29, 1.82) is 0 Å². The summed E-state index contributed by atoms with van der Waals surface area (Å²) in [5.74, 6) is -0.640. The summed E-state index contributed by atoms with van der Waals surface area (Å²) in [6.45, 7) is 3.89. The molecule has 5 heteroatoms. The third kappa shape index (κ3) is 56.9. The molecule has 70 heavy (non-hydrogen) atoms. The van der Waals surface area contributed by atoms with Crippen LogP contribution in [0.2, 0.25) is 0 Å². The monoisotopic (exact) mass is 969 g/mol. The molecule has 5 nitrogen and oxygen atoms in total. The molecular formula is C65H108O5. The molecule has 0 aromatic carbocycles. The molecule has 0 radical (unpaired) electrons. The first kappa shape index (κ1) is 66.3. The molecule has 0 rings (SSSR count). The fourth-order valence-electron chi connectivity index (χ4n) is 7.96. The molecule has 0 aromatic heterocycles. The molecule has 0 saturated carbocycles. The van der Waals surface area contributed by atoms with Gasteiger partial charge in [-0.15, -0.1) is 0 Å². The number of aliphatic hydroxyl groups excluding tert-OH is 1. The Kier molecular flexibility index (Phi) is 56.5. The van der Waals surface area contributed by atoms with Crippen LogP contribution in [0.25, 0.3) is 0 Å². The number of esters is 2. The zero-order valence-corrected chi connectivity index (χ0v) is 45.5. The van der Waals surface area contributed by atoms with E-state index in [1.165, 1.54) is 128 Å². The first-order valence-corrected chi connectivity index (χ1v) is 29.1. The number of unbranched alkanes of at least 4 members (excludes halogenated alkanes) is 24. The number of aliphatic hydroxyl groups is 1. The van der Waals surface area contributed by atoms with Crippen LogP contribution in [-0.4, -0.2) is 36.4 Å². The molecule has 0 spiro atoms. The van der Waals surface area contributed by atoms with Gasteiger partial charge < -0.3 is 14.6 Å². The highest BCUT2D eigenvalue weighted by molar-refractivity contribution is 5.70. The van der Waals surface area contributed by atoms with E-state index >= 15 is 0 Å². The van der Waals surface area contributed by atoms with E-state index in [1.807, 2.05) is 0 Å². The zero-order valence-electron chi connectivity index (χ0n) is 45.5. The van der Waals surface area contributed by atoms with E-state index in [0.29, 0.717) is 12.8 Å². The predicted octanol–water partition coefficient (Wildman–Crippen LogP) is 19.9. The summed E-state index contributed by atoms with van der Waals surface area (Å²) in [5.41, 5.74) is 0. The molecule has 1 N–H and O–H groups in total. The van der Waals surface area contributed by atoms with Crippen molar-refractivity contribution in [3.63, 3.8) is 0 Å². The second-order valence-corrected chi connectivity index (χ2v) is 19.0. The average Bonchev–Trinajstić information content (AvgIpc) is 3.36. The summed E-state index contributed by atoms with van der Waals surface area (Å²) in [6, 6.07) is 0. The molecule has 0 aromatic rings. The van der Waals surface area contributed by atoms with Crippen molar-refractivity contribution in [3.8, 4) is 0 Å². The van der Waals surface area contributed by atoms with E-state index in [9.17, 15) is 14.7 Å². The minimum Gasteiger partial charge on any atom is -0.462 e. The van der Waals surface area contributed by atoms with Crippen LogP contribution >= 0.6 is 0 Å². The van der Waals surface area contributed by atoms with Crippen LogP contribution < -0.4 is 0 Å². The van der Waals surface area contributed by atoms with Crippen LogP contribution in [0.4, 0.5) is 0 Å². The molecule has 0 bridgehead atoms. The molecule has 1 unspecified atom stereocenters. The highest BCUT2D eigenvalue weighted by Gasteiger charge is 2.16. The fraction of sp³-hybridized carbons (Fsp3) is 0.662. The lowest BCUT2D eigenvalue weighted by Gasteiger charge is -2.15. The van der Waals surface area contributed by atoms with E-state index in [2.05, 4.69) is 135 Å². The Morgan fingerprint density at radius 1 is 0.329 bits per heavy atom. The van der Waals surface area contributed by atoms with Crippen LogP contribution in [0, 0.1) is 0 Å². The number of hydrogen-bond acceptors (Lipinski definition) is 5. The Morgan fingerprint density at radius 3 is 0.886 bits per heavy atom. The first-order valence-electron chi connectivity index (χ1n) is 29.1. The van der Waals surface area contributed by atoms with Gasteiger partial charge in [-0.3, -0.25) is 9.59 Å². The van der Waals surface area contributed by atoms with Gasteiger partial charge in [0.1, 0.15) is 6.61 Å². The minimum atomic E-state index is -0.802. The number of carbonyl (C=O) groups is 2. The summed E-state index contributed by atoms with van der Waals surface area (Å²) >= 11 is 0. The highest BCUT2D eigenvalue weighted by Crippen LogP contribution is 2.16. The molecule has 0 fully saturated rings. The zero-order chi connectivity index (χ0) is 50.6. The number of rotatable bonds is 52. The van der Waals surface area contributed by atoms with Gasteiger partial charge in [0.25, 0.3) is 0 Å². The van der Waals surface area contributed by atoms with Gasteiger partial charge in [0.15, 0.2) is 6.10 Å². The van der Waals surface area contributed by atoms with Crippen LogP contribution in [0.1, 0.15) is 258 Å². The largest absolute Gasteiger partial charge is 0.462 e. The maximum atomic E-state index is 12.3. The second kappa shape index (κ2) is 59.6. The third-order valence-corrected chi connectivity index (χ3v) is 12.3. The molecular weight excluding hydrogens is 861 g/mol. The van der Waals surface area contributed by atoms with E-state index < -0.39 is 6.10 Å². The SMILES string of the molecule is CC/C=C\C/C=C\C/C=C\C/C=C\C/C=C\C/C=C\CCCCC(=O)OC(CO)COC(=O)CCCCCCCCCCCCCCCCCCCCCCCC/C=C\C/C=C\C/C=C\C/C=C\CC. The van der Waals surface area contributed by atoms with E-state index in [-0.39, 0.29) is 25.2 Å². The smallest absolute Gasteiger partial charge is 0.306 e. The lowest BCUT2D eigenvalue weighted by Crippen LogP contribution is -2.28. The minimum absolute atomic E-state index is 0.0878. The van der Waals surface area contributed by atoms with E-state index in [1.54, 1.807) is 0 Å². The van der Waals surface area contributed by atoms with Crippen molar-refractivity contribution in [2.45, 2.75) is 264 Å². The molecule has 0 heterocycles. The number of allylic oxidation sites excluding steroid dienone is 20. The molecule has 0 amide bonds. The summed E-state index contributed by atoms with van der Waals surface area (Å²) in [5, 5.41) is 9.64. The van der Waals surface area contributed by atoms with Gasteiger partial charge in [0.05, 0.1) is 6.61 Å². The molecule has 0 aliphatic carbocycles. The Labute approximate surface area is 433 Å². The predicted molar refractivity (Wildman–Crippen MR) is 306 cm³/mol. The Bertz CT molecular complexity index is 1420. The lowest BCUT2D eigenvalue weighted by atomic mass is 10.0. The van der Waals surface area contributed by atoms with Gasteiger partial charge in [-0.25, -0.2) is 0 Å². The Hall–Kier alpha value is -3.70. The van der Waals surface area contributed by atoms with Crippen molar-refractivity contribution in [1.82, 2.24) is 0 Å². The molecule has 0 aliphatic heterocycles. The maximum Gasteiger partial charge on any atom is 0.306 e. The third-order valence-electron chi connectivity index (χ3n) is 12.3. The van der Waals surface area contributed by atoms with Crippen molar-refractivity contribution in [3.05, 3.63) is 122 Å². The van der Waals surface area contributed by atoms with Crippen LogP contribution in [-0.2, 0) is 19.1 Å². The van der Waals surface area contributed by atoms with Crippen molar-refractivity contribution >= 4 is 11.9 Å². The second-order valence-electron chi connectivity index (χ2n) is 19.0. The summed E-state index contributed by atoms with van der Waals surface area (Å²) in [6.07, 6.45) is 87.6. The van der Waals surface area contributed by atoms with E-state index in [0.717, 1.165) is 103 Å². The topological polar surface area (TPSA) is 72.8 Å². The first-order chi connectivity index (χ1) is 34.6. The summed E-state index contributed by atoms with van der Waals surface area (Å²) in [4.78, 5) is 24.5. The van der Waals surface area contributed by atoms with Gasteiger partial charge >= 0.3 is 11.9 Å². The number of ether oxygens (including phenoxy) is 2. The van der Waals surface area contributed by atoms with Crippen molar-refractivity contribution in [2.24, 2.45) is 0 Å². The summed E-state index contributed by atoms with van der Waals surface area (Å²) in [7, 11) is 0. The quantitative estimate of drug-likeness (QED) is 0.0374. The van der Waals surface area contributed by atoms with Crippen molar-refractivity contribution in [2.75, 3.05) is 13.2 Å². The van der Waals surface area contributed by atoms with Crippen LogP contribution in [0.3, 0.4) is 0 Å². The number of hydrogen-bond donors (Lipinski definition) is 1. The normalized spacial score (nSPS) is 13.1. The molecule has 0 saturated heterocycles. The highest BCUT2D eigenvalue weighted by atomic mass is 16.6. The van der Waals surface area contributed by atoms with Gasteiger partial charge in [-0.1, -0.05) is 264 Å². The van der Waals surface area contributed by atoms with Gasteiger partial charge in [-0.2, -0.15) is 0 Å². The van der Waals surface area contributed by atoms with E-state index in [4.69, 9.17) is 9.47 Å². The Morgan fingerprint density at radius 2 is 0.571 bits per heavy atom. The maximum absolute atomic E-state index is 12.3. The molecule has 0 aliphatic rings. The molecule has 1 atom stereocenters. The van der Waals surface area contributed by atoms with Crippen LogP contribution in [0.15, 0.2) is 122 Å². The Balaban J connectivity index is 3.50. The van der Waals surface area contributed by atoms with Gasteiger partial charge in [0, 0.05) is 12.8 Å². The molecule has 398 valence electrons. The van der Waals surface area contributed by atoms with Crippen LogP contribution in [0.5, 0.6) is 0 Å².